The largest absolute Gasteiger partial charge is 0.338 e. The fourth-order valence-electron chi connectivity index (χ4n) is 3.05. The third-order valence-electron chi connectivity index (χ3n) is 4.60. The Kier molecular flexibility index (Phi) is 4.78. The second kappa shape index (κ2) is 6.27. The Morgan fingerprint density at radius 2 is 1.86 bits per heavy atom. The Hall–Kier alpha value is -1.58. The van der Waals surface area contributed by atoms with E-state index in [0.29, 0.717) is 0 Å². The number of amides is 1. The molecule has 2 aromatic rings. The molecule has 1 atom stereocenters. The predicted molar refractivity (Wildman–Crippen MR) is 93.5 cm³/mol. The number of carbonyl (C=O) groups excluding carboxylic acids is 1. The molecule has 2 N–H and O–H groups in total. The van der Waals surface area contributed by atoms with Crippen molar-refractivity contribution in [3.05, 3.63) is 48.0 Å². The summed E-state index contributed by atoms with van der Waals surface area (Å²) in [6, 6.07) is 14.2. The molecule has 0 spiro atoms. The standard InChI is InChI=1S/C18H22N2O.ClH/c1-18(2)12-20(10-9-16(18)19)17(21)15-8-7-13-5-3-4-6-14(13)11-15;/h3-8,11,16H,9-10,12,19H2,1-2H3;1H. The summed E-state index contributed by atoms with van der Waals surface area (Å²) < 4.78 is 0. The highest BCUT2D eigenvalue weighted by Gasteiger charge is 2.35. The van der Waals surface area contributed by atoms with E-state index in [1.54, 1.807) is 0 Å². The smallest absolute Gasteiger partial charge is 0.253 e. The highest BCUT2D eigenvalue weighted by Crippen LogP contribution is 2.29. The normalized spacial score (nSPS) is 20.5. The van der Waals surface area contributed by atoms with Crippen molar-refractivity contribution in [3.63, 3.8) is 0 Å². The van der Waals surface area contributed by atoms with E-state index in [1.807, 2.05) is 41.3 Å². The van der Waals surface area contributed by atoms with Gasteiger partial charge in [-0.2, -0.15) is 0 Å². The van der Waals surface area contributed by atoms with Crippen molar-refractivity contribution < 1.29 is 4.79 Å². The lowest BCUT2D eigenvalue weighted by molar-refractivity contribution is 0.0533. The molecule has 22 heavy (non-hydrogen) atoms. The van der Waals surface area contributed by atoms with E-state index in [4.69, 9.17) is 5.73 Å². The average Bonchev–Trinajstić information content (AvgIpc) is 2.48. The molecule has 118 valence electrons. The first-order valence-corrected chi connectivity index (χ1v) is 7.51. The average molecular weight is 319 g/mol. The second-order valence-corrected chi connectivity index (χ2v) is 6.67. The molecular weight excluding hydrogens is 296 g/mol. The van der Waals surface area contributed by atoms with Gasteiger partial charge in [0.15, 0.2) is 0 Å². The summed E-state index contributed by atoms with van der Waals surface area (Å²) in [6.07, 6.45) is 0.867. The molecule has 3 rings (SSSR count). The SMILES string of the molecule is CC1(C)CN(C(=O)c2ccc3ccccc3c2)CCC1N.Cl. The fraction of sp³-hybridized carbons (Fsp3) is 0.389. The van der Waals surface area contributed by atoms with E-state index in [0.717, 1.165) is 35.8 Å². The van der Waals surface area contributed by atoms with Gasteiger partial charge in [-0.05, 0) is 34.7 Å². The lowest BCUT2D eigenvalue weighted by atomic mass is 9.79. The van der Waals surface area contributed by atoms with Gasteiger partial charge in [-0.3, -0.25) is 4.79 Å². The highest BCUT2D eigenvalue weighted by molar-refractivity contribution is 5.98. The summed E-state index contributed by atoms with van der Waals surface area (Å²) >= 11 is 0. The minimum absolute atomic E-state index is 0. The number of benzene rings is 2. The first-order valence-electron chi connectivity index (χ1n) is 7.51. The summed E-state index contributed by atoms with van der Waals surface area (Å²) in [5, 5.41) is 2.27. The van der Waals surface area contributed by atoms with Gasteiger partial charge >= 0.3 is 0 Å². The van der Waals surface area contributed by atoms with Crippen LogP contribution in [0.5, 0.6) is 0 Å². The molecule has 2 aromatic carbocycles. The zero-order valence-corrected chi connectivity index (χ0v) is 13.9. The number of nitrogens with two attached hydrogens (primary N) is 1. The van der Waals surface area contributed by atoms with Gasteiger partial charge in [-0.15, -0.1) is 12.4 Å². The summed E-state index contributed by atoms with van der Waals surface area (Å²) in [4.78, 5) is 14.7. The van der Waals surface area contributed by atoms with Crippen LogP contribution in [0.2, 0.25) is 0 Å². The molecule has 1 fully saturated rings. The van der Waals surface area contributed by atoms with Crippen LogP contribution < -0.4 is 5.73 Å². The van der Waals surface area contributed by atoms with Crippen LogP contribution in [0.4, 0.5) is 0 Å². The molecule has 1 aliphatic heterocycles. The number of carbonyl (C=O) groups is 1. The fourth-order valence-corrected chi connectivity index (χ4v) is 3.05. The van der Waals surface area contributed by atoms with Gasteiger partial charge in [0, 0.05) is 24.7 Å². The maximum Gasteiger partial charge on any atom is 0.253 e. The molecule has 0 aliphatic carbocycles. The molecule has 1 unspecified atom stereocenters. The van der Waals surface area contributed by atoms with Crippen LogP contribution in [0, 0.1) is 5.41 Å². The van der Waals surface area contributed by atoms with Gasteiger partial charge < -0.3 is 10.6 Å². The number of nitrogens with zero attached hydrogens (tertiary/aromatic N) is 1. The third-order valence-corrected chi connectivity index (χ3v) is 4.60. The topological polar surface area (TPSA) is 46.3 Å². The third kappa shape index (κ3) is 3.11. The molecule has 0 aromatic heterocycles. The molecular formula is C18H23ClN2O. The highest BCUT2D eigenvalue weighted by atomic mass is 35.5. The quantitative estimate of drug-likeness (QED) is 0.875. The molecule has 1 amide bonds. The van der Waals surface area contributed by atoms with Crippen LogP contribution in [0.15, 0.2) is 42.5 Å². The van der Waals surface area contributed by atoms with Gasteiger partial charge in [0.25, 0.3) is 5.91 Å². The van der Waals surface area contributed by atoms with Crippen LogP contribution in [-0.4, -0.2) is 29.9 Å². The van der Waals surface area contributed by atoms with Crippen molar-refractivity contribution in [2.75, 3.05) is 13.1 Å². The first kappa shape index (κ1) is 16.8. The number of hydrogen-bond acceptors (Lipinski definition) is 2. The van der Waals surface area contributed by atoms with Gasteiger partial charge in [0.05, 0.1) is 0 Å². The summed E-state index contributed by atoms with van der Waals surface area (Å²) in [5.74, 6) is 0.112. The van der Waals surface area contributed by atoms with Gasteiger partial charge in [-0.25, -0.2) is 0 Å². The van der Waals surface area contributed by atoms with Crippen LogP contribution in [0.1, 0.15) is 30.6 Å². The second-order valence-electron chi connectivity index (χ2n) is 6.67. The van der Waals surface area contributed by atoms with E-state index >= 15 is 0 Å². The van der Waals surface area contributed by atoms with Crippen molar-refractivity contribution in [2.45, 2.75) is 26.3 Å². The number of halogens is 1. The maximum atomic E-state index is 12.7. The lowest BCUT2D eigenvalue weighted by Crippen LogP contribution is -2.53. The monoisotopic (exact) mass is 318 g/mol. The summed E-state index contributed by atoms with van der Waals surface area (Å²) in [7, 11) is 0. The van der Waals surface area contributed by atoms with Crippen LogP contribution in [0.25, 0.3) is 10.8 Å². The summed E-state index contributed by atoms with van der Waals surface area (Å²) in [6.45, 7) is 5.74. The zero-order chi connectivity index (χ0) is 15.0. The van der Waals surface area contributed by atoms with E-state index in [9.17, 15) is 4.79 Å². The van der Waals surface area contributed by atoms with Gasteiger partial charge in [0.2, 0.25) is 0 Å². The number of likely N-dealkylation sites (tertiary alicyclic amines) is 1. The number of hydrogen-bond donors (Lipinski definition) is 1. The molecule has 0 saturated carbocycles. The molecule has 0 bridgehead atoms. The minimum Gasteiger partial charge on any atom is -0.338 e. The number of fused-ring (bicyclic) bond motifs is 1. The van der Waals surface area contributed by atoms with E-state index < -0.39 is 0 Å². The van der Waals surface area contributed by atoms with Crippen molar-refractivity contribution in [3.8, 4) is 0 Å². The Morgan fingerprint density at radius 3 is 2.55 bits per heavy atom. The zero-order valence-electron chi connectivity index (χ0n) is 13.1. The maximum absolute atomic E-state index is 12.7. The Morgan fingerprint density at radius 1 is 1.18 bits per heavy atom. The molecule has 1 heterocycles. The van der Waals surface area contributed by atoms with Crippen molar-refractivity contribution >= 4 is 29.1 Å². The molecule has 1 aliphatic rings. The number of rotatable bonds is 1. The molecule has 4 heteroatoms. The predicted octanol–water partition coefficient (Wildman–Crippen LogP) is 3.46. The van der Waals surface area contributed by atoms with Crippen molar-refractivity contribution in [1.82, 2.24) is 4.90 Å². The van der Waals surface area contributed by atoms with E-state index in [2.05, 4.69) is 19.9 Å². The first-order chi connectivity index (χ1) is 9.97. The van der Waals surface area contributed by atoms with Gasteiger partial charge in [0.1, 0.15) is 0 Å². The van der Waals surface area contributed by atoms with Crippen LogP contribution in [0.3, 0.4) is 0 Å². The Labute approximate surface area is 137 Å². The van der Waals surface area contributed by atoms with Crippen molar-refractivity contribution in [2.24, 2.45) is 11.1 Å². The van der Waals surface area contributed by atoms with Crippen LogP contribution in [-0.2, 0) is 0 Å². The van der Waals surface area contributed by atoms with E-state index in [1.165, 1.54) is 0 Å². The van der Waals surface area contributed by atoms with Gasteiger partial charge in [-0.1, -0.05) is 44.2 Å². The lowest BCUT2D eigenvalue weighted by Gasteiger charge is -2.42. The van der Waals surface area contributed by atoms with Crippen LogP contribution >= 0.6 is 12.4 Å². The van der Waals surface area contributed by atoms with Crippen molar-refractivity contribution in [1.29, 1.82) is 0 Å². The number of piperidine rings is 1. The molecule has 0 radical (unpaired) electrons. The molecule has 1 saturated heterocycles. The summed E-state index contributed by atoms with van der Waals surface area (Å²) in [5.41, 5.74) is 6.89. The Balaban J connectivity index is 0.00000176. The minimum atomic E-state index is -0.0231. The van der Waals surface area contributed by atoms with E-state index in [-0.39, 0.29) is 29.8 Å². The molecule has 3 nitrogen and oxygen atoms in total. The Bertz CT molecular complexity index is 684.